The van der Waals surface area contributed by atoms with Crippen molar-refractivity contribution in [1.82, 2.24) is 0 Å². The molecule has 1 aliphatic heterocycles. The highest BCUT2D eigenvalue weighted by Gasteiger charge is 2.47. The van der Waals surface area contributed by atoms with Crippen LogP contribution >= 0.6 is 11.8 Å². The zero-order valence-corrected chi connectivity index (χ0v) is 5.54. The van der Waals surface area contributed by atoms with Crippen LogP contribution in [0.1, 0.15) is 13.8 Å². The number of rotatable bonds is 0. The van der Waals surface area contributed by atoms with Crippen molar-refractivity contribution in [2.45, 2.75) is 13.8 Å². The molecule has 1 saturated heterocycles. The third kappa shape index (κ3) is 0.508. The molecule has 1 fully saturated rings. The summed E-state index contributed by atoms with van der Waals surface area (Å²) in [5.41, 5.74) is -0.676. The lowest BCUT2D eigenvalue weighted by Crippen LogP contribution is -2.40. The Morgan fingerprint density at radius 3 is 1.62 bits per heavy atom. The fraction of sp³-hybridized carbons (Fsp3) is 0.600. The number of carbonyl (C=O) groups excluding carboxylic acids is 2. The highest BCUT2D eigenvalue weighted by molar-refractivity contribution is 8.29. The van der Waals surface area contributed by atoms with Gasteiger partial charge in [0.05, 0.1) is 0 Å². The first-order chi connectivity index (χ1) is 3.55. The van der Waals surface area contributed by atoms with Gasteiger partial charge in [-0.1, -0.05) is 0 Å². The summed E-state index contributed by atoms with van der Waals surface area (Å²) in [5, 5.41) is -0.0231. The zero-order valence-electron chi connectivity index (χ0n) is 4.72. The van der Waals surface area contributed by atoms with Crippen LogP contribution in [-0.4, -0.2) is 10.2 Å². The second kappa shape index (κ2) is 1.35. The van der Waals surface area contributed by atoms with Crippen molar-refractivity contribution in [2.75, 3.05) is 0 Å². The molecule has 0 aromatic carbocycles. The van der Waals surface area contributed by atoms with E-state index in [0.717, 1.165) is 11.8 Å². The summed E-state index contributed by atoms with van der Waals surface area (Å²) in [7, 11) is 0. The quantitative estimate of drug-likeness (QED) is 0.455. The molecule has 0 N–H and O–H groups in total. The van der Waals surface area contributed by atoms with Crippen LogP contribution in [0.5, 0.6) is 0 Å². The molecule has 0 amide bonds. The first kappa shape index (κ1) is 5.82. The van der Waals surface area contributed by atoms with Gasteiger partial charge < -0.3 is 0 Å². The lowest BCUT2D eigenvalue weighted by Gasteiger charge is -2.27. The van der Waals surface area contributed by atoms with Crippen LogP contribution in [-0.2, 0) is 9.59 Å². The van der Waals surface area contributed by atoms with Gasteiger partial charge in [0.1, 0.15) is 5.41 Å². The molecule has 0 saturated carbocycles. The Morgan fingerprint density at radius 1 is 1.25 bits per heavy atom. The van der Waals surface area contributed by atoms with Crippen LogP contribution in [0, 0.1) is 5.41 Å². The lowest BCUT2D eigenvalue weighted by molar-refractivity contribution is -0.132. The summed E-state index contributed by atoms with van der Waals surface area (Å²) in [6.07, 6.45) is 0. The van der Waals surface area contributed by atoms with Crippen molar-refractivity contribution in [3.8, 4) is 0 Å². The fourth-order valence-electron chi connectivity index (χ4n) is 0.376. The zero-order chi connectivity index (χ0) is 6.36. The Kier molecular flexibility index (Phi) is 0.979. The maximum Gasteiger partial charge on any atom is 0.210 e. The van der Waals surface area contributed by atoms with Crippen molar-refractivity contribution in [1.29, 1.82) is 0 Å². The van der Waals surface area contributed by atoms with Crippen molar-refractivity contribution >= 4 is 22.0 Å². The molecule has 2 nitrogen and oxygen atoms in total. The average molecular weight is 130 g/mol. The standard InChI is InChI=1S/C5H6O2S/c1-5(2)3(6)8-4(5)7/h1-2H3. The highest BCUT2D eigenvalue weighted by atomic mass is 32.2. The first-order valence-electron chi connectivity index (χ1n) is 2.32. The van der Waals surface area contributed by atoms with Crippen LogP contribution < -0.4 is 0 Å². The van der Waals surface area contributed by atoms with Crippen LogP contribution in [0.3, 0.4) is 0 Å². The third-order valence-corrected chi connectivity index (χ3v) is 2.60. The topological polar surface area (TPSA) is 34.1 Å². The van der Waals surface area contributed by atoms with Gasteiger partial charge in [-0.05, 0) is 25.6 Å². The Labute approximate surface area is 51.6 Å². The monoisotopic (exact) mass is 130 g/mol. The van der Waals surface area contributed by atoms with E-state index in [0.29, 0.717) is 0 Å². The van der Waals surface area contributed by atoms with Crippen LogP contribution in [0.4, 0.5) is 0 Å². The second-order valence-corrected chi connectivity index (χ2v) is 3.25. The SMILES string of the molecule is CC1(C)C(=O)SC1=O. The molecule has 8 heavy (non-hydrogen) atoms. The summed E-state index contributed by atoms with van der Waals surface area (Å²) >= 11 is 0.812. The van der Waals surface area contributed by atoms with Crippen molar-refractivity contribution in [3.63, 3.8) is 0 Å². The molecular weight excluding hydrogens is 124 g/mol. The van der Waals surface area contributed by atoms with Crippen molar-refractivity contribution in [3.05, 3.63) is 0 Å². The van der Waals surface area contributed by atoms with E-state index in [1.165, 1.54) is 0 Å². The van der Waals surface area contributed by atoms with Gasteiger partial charge in [0.2, 0.25) is 10.2 Å². The van der Waals surface area contributed by atoms with Crippen molar-refractivity contribution < 1.29 is 9.59 Å². The second-order valence-electron chi connectivity index (χ2n) is 2.30. The normalized spacial score (nSPS) is 25.2. The molecule has 0 spiro atoms. The molecule has 0 aromatic heterocycles. The predicted octanol–water partition coefficient (Wildman–Crippen LogP) is 0.813. The molecule has 0 aliphatic carbocycles. The molecule has 3 heteroatoms. The van der Waals surface area contributed by atoms with Crippen LogP contribution in [0.25, 0.3) is 0 Å². The Hall–Kier alpha value is -0.310. The number of hydrogen-bond donors (Lipinski definition) is 0. The molecule has 1 rings (SSSR count). The van der Waals surface area contributed by atoms with Gasteiger partial charge >= 0.3 is 0 Å². The van der Waals surface area contributed by atoms with Gasteiger partial charge in [0.15, 0.2) is 0 Å². The van der Waals surface area contributed by atoms with E-state index in [-0.39, 0.29) is 10.2 Å². The summed E-state index contributed by atoms with van der Waals surface area (Å²) in [5.74, 6) is 0. The smallest absolute Gasteiger partial charge is 0.210 e. The Balaban J connectivity index is 2.81. The summed E-state index contributed by atoms with van der Waals surface area (Å²) in [4.78, 5) is 21.0. The summed E-state index contributed by atoms with van der Waals surface area (Å²) < 4.78 is 0. The average Bonchev–Trinajstić information content (AvgIpc) is 1.68. The van der Waals surface area contributed by atoms with Gasteiger partial charge in [-0.25, -0.2) is 0 Å². The molecule has 44 valence electrons. The summed E-state index contributed by atoms with van der Waals surface area (Å²) in [6, 6.07) is 0. The van der Waals surface area contributed by atoms with E-state index in [1.807, 2.05) is 0 Å². The van der Waals surface area contributed by atoms with Gasteiger partial charge in [-0.3, -0.25) is 9.59 Å². The first-order valence-corrected chi connectivity index (χ1v) is 3.13. The molecule has 0 atom stereocenters. The maximum absolute atomic E-state index is 10.5. The van der Waals surface area contributed by atoms with E-state index < -0.39 is 5.41 Å². The number of thioether (sulfide) groups is 1. The lowest BCUT2D eigenvalue weighted by atomic mass is 9.97. The van der Waals surface area contributed by atoms with Gasteiger partial charge in [0, 0.05) is 0 Å². The minimum atomic E-state index is -0.676. The maximum atomic E-state index is 10.5. The van der Waals surface area contributed by atoms with E-state index in [9.17, 15) is 9.59 Å². The molecular formula is C5H6O2S. The van der Waals surface area contributed by atoms with E-state index in [4.69, 9.17) is 0 Å². The molecule has 0 unspecified atom stereocenters. The largest absolute Gasteiger partial charge is 0.286 e. The minimum Gasteiger partial charge on any atom is -0.286 e. The van der Waals surface area contributed by atoms with Crippen LogP contribution in [0.2, 0.25) is 0 Å². The van der Waals surface area contributed by atoms with E-state index >= 15 is 0 Å². The molecule has 0 bridgehead atoms. The minimum absolute atomic E-state index is 0.0116. The van der Waals surface area contributed by atoms with Gasteiger partial charge in [-0.15, -0.1) is 0 Å². The predicted molar refractivity (Wildman–Crippen MR) is 31.4 cm³/mol. The third-order valence-electron chi connectivity index (χ3n) is 1.21. The van der Waals surface area contributed by atoms with Crippen molar-refractivity contribution in [2.24, 2.45) is 5.41 Å². The molecule has 0 aromatic rings. The summed E-state index contributed by atoms with van der Waals surface area (Å²) in [6.45, 7) is 3.29. The Bertz CT molecular complexity index is 144. The molecule has 0 radical (unpaired) electrons. The Morgan fingerprint density at radius 2 is 1.62 bits per heavy atom. The highest BCUT2D eigenvalue weighted by Crippen LogP contribution is 2.40. The fourth-order valence-corrected chi connectivity index (χ4v) is 1.09. The van der Waals surface area contributed by atoms with Gasteiger partial charge in [0.25, 0.3) is 0 Å². The van der Waals surface area contributed by atoms with Gasteiger partial charge in [-0.2, -0.15) is 0 Å². The number of hydrogen-bond acceptors (Lipinski definition) is 3. The van der Waals surface area contributed by atoms with E-state index in [2.05, 4.69) is 0 Å². The molecule has 1 aliphatic rings. The molecule has 1 heterocycles. The number of carbonyl (C=O) groups is 2. The van der Waals surface area contributed by atoms with E-state index in [1.54, 1.807) is 13.8 Å². The van der Waals surface area contributed by atoms with Crippen LogP contribution in [0.15, 0.2) is 0 Å².